The molecule has 114 valence electrons. The van der Waals surface area contributed by atoms with Crippen molar-refractivity contribution >= 4 is 27.7 Å². The summed E-state index contributed by atoms with van der Waals surface area (Å²) in [5.41, 5.74) is 2.62. The maximum atomic E-state index is 11.7. The Morgan fingerprint density at radius 1 is 1.48 bits per heavy atom. The van der Waals surface area contributed by atoms with E-state index in [0.29, 0.717) is 12.0 Å². The predicted molar refractivity (Wildman–Crippen MR) is 73.2 cm³/mol. The maximum absolute atomic E-state index is 11.7. The molecule has 0 radical (unpaired) electrons. The third-order valence-corrected chi connectivity index (χ3v) is 4.32. The van der Waals surface area contributed by atoms with Crippen molar-refractivity contribution < 1.29 is 23.1 Å². The SMILES string of the molecule is NNC(=O)CCc1ccc(N2CC(=O)NS2(=O)=O)c(O)c1. The van der Waals surface area contributed by atoms with Crippen LogP contribution in [0, 0.1) is 0 Å². The van der Waals surface area contributed by atoms with E-state index in [9.17, 15) is 23.1 Å². The molecule has 9 nitrogen and oxygen atoms in total. The number of amides is 2. The van der Waals surface area contributed by atoms with E-state index in [4.69, 9.17) is 5.84 Å². The highest BCUT2D eigenvalue weighted by Crippen LogP contribution is 2.31. The first-order valence-corrected chi connectivity index (χ1v) is 7.42. The molecule has 0 saturated carbocycles. The zero-order chi connectivity index (χ0) is 15.6. The molecule has 0 unspecified atom stereocenters. The van der Waals surface area contributed by atoms with Crippen molar-refractivity contribution in [2.24, 2.45) is 5.84 Å². The molecule has 1 aromatic carbocycles. The average molecular weight is 314 g/mol. The Morgan fingerprint density at radius 3 is 2.71 bits per heavy atom. The molecular weight excluding hydrogens is 300 g/mol. The molecule has 0 aromatic heterocycles. The molecule has 1 fully saturated rings. The topological polar surface area (TPSA) is 142 Å². The maximum Gasteiger partial charge on any atom is 0.326 e. The number of carbonyl (C=O) groups is 2. The lowest BCUT2D eigenvalue weighted by atomic mass is 10.1. The monoisotopic (exact) mass is 314 g/mol. The van der Waals surface area contributed by atoms with E-state index in [1.54, 1.807) is 6.07 Å². The fourth-order valence-corrected chi connectivity index (χ4v) is 3.09. The molecule has 0 aliphatic carbocycles. The van der Waals surface area contributed by atoms with Gasteiger partial charge in [0, 0.05) is 6.42 Å². The van der Waals surface area contributed by atoms with Crippen molar-refractivity contribution in [2.45, 2.75) is 12.8 Å². The number of hydrazine groups is 1. The van der Waals surface area contributed by atoms with Gasteiger partial charge in [-0.25, -0.2) is 14.9 Å². The molecular formula is C11H14N4O5S. The molecule has 1 aromatic rings. The number of phenolic OH excluding ortho intramolecular Hbond substituents is 1. The zero-order valence-electron chi connectivity index (χ0n) is 10.9. The minimum absolute atomic E-state index is 0.000349. The molecule has 10 heteroatoms. The van der Waals surface area contributed by atoms with Gasteiger partial charge in [0.05, 0.1) is 5.69 Å². The summed E-state index contributed by atoms with van der Waals surface area (Å²) in [6.07, 6.45) is 0.470. The van der Waals surface area contributed by atoms with Gasteiger partial charge >= 0.3 is 10.2 Å². The number of carbonyl (C=O) groups excluding carboxylic acids is 2. The Labute approximate surface area is 120 Å². The molecule has 1 aliphatic heterocycles. The lowest BCUT2D eigenvalue weighted by molar-refractivity contribution is -0.121. The normalized spacial score (nSPS) is 16.6. The van der Waals surface area contributed by atoms with Crippen molar-refractivity contribution in [2.75, 3.05) is 10.8 Å². The quantitative estimate of drug-likeness (QED) is 0.302. The number of aryl methyl sites for hydroxylation is 1. The standard InChI is InChI=1S/C11H14N4O5S/c12-13-10(17)4-2-7-1-3-8(9(16)5-7)15-6-11(18)14-21(15,19)20/h1,3,5,16H,2,4,6,12H2,(H,13,17)(H,14,18). The number of nitrogens with one attached hydrogen (secondary N) is 2. The number of nitrogens with two attached hydrogens (primary N) is 1. The Kier molecular flexibility index (Phi) is 4.00. The summed E-state index contributed by atoms with van der Waals surface area (Å²) in [6, 6.07) is 4.29. The smallest absolute Gasteiger partial charge is 0.326 e. The first-order valence-electron chi connectivity index (χ1n) is 5.98. The highest BCUT2D eigenvalue weighted by Gasteiger charge is 2.35. The lowest BCUT2D eigenvalue weighted by Gasteiger charge is -2.16. The van der Waals surface area contributed by atoms with E-state index >= 15 is 0 Å². The molecule has 1 aliphatic rings. The number of benzene rings is 1. The van der Waals surface area contributed by atoms with E-state index in [0.717, 1.165) is 4.31 Å². The summed E-state index contributed by atoms with van der Waals surface area (Å²) < 4.78 is 26.0. The Morgan fingerprint density at radius 2 is 2.19 bits per heavy atom. The van der Waals surface area contributed by atoms with Crippen molar-refractivity contribution in [1.82, 2.24) is 10.1 Å². The number of phenols is 1. The molecule has 1 saturated heterocycles. The van der Waals surface area contributed by atoms with Gasteiger partial charge in [0.25, 0.3) is 5.91 Å². The summed E-state index contributed by atoms with van der Waals surface area (Å²) in [6.45, 7) is -0.384. The minimum atomic E-state index is -3.96. The Balaban J connectivity index is 2.20. The van der Waals surface area contributed by atoms with Gasteiger partial charge in [-0.05, 0) is 24.1 Å². The van der Waals surface area contributed by atoms with E-state index in [1.807, 2.05) is 10.1 Å². The molecule has 1 heterocycles. The number of hydrogen-bond acceptors (Lipinski definition) is 6. The van der Waals surface area contributed by atoms with Gasteiger partial charge in [-0.1, -0.05) is 6.07 Å². The molecule has 0 bridgehead atoms. The van der Waals surface area contributed by atoms with Gasteiger partial charge in [0.2, 0.25) is 5.91 Å². The van der Waals surface area contributed by atoms with E-state index in [2.05, 4.69) is 0 Å². The second-order valence-electron chi connectivity index (χ2n) is 4.43. The van der Waals surface area contributed by atoms with Gasteiger partial charge in [-0.15, -0.1) is 0 Å². The van der Waals surface area contributed by atoms with Crippen LogP contribution in [0.4, 0.5) is 5.69 Å². The Bertz CT molecular complexity index is 688. The fraction of sp³-hybridized carbons (Fsp3) is 0.273. The second-order valence-corrected chi connectivity index (χ2v) is 6.02. The summed E-state index contributed by atoms with van der Waals surface area (Å²) in [7, 11) is -3.96. The van der Waals surface area contributed by atoms with Crippen LogP contribution in [-0.2, 0) is 26.2 Å². The van der Waals surface area contributed by atoms with Crippen LogP contribution < -0.4 is 20.3 Å². The van der Waals surface area contributed by atoms with Crippen LogP contribution in [0.25, 0.3) is 0 Å². The van der Waals surface area contributed by atoms with Crippen LogP contribution in [0.3, 0.4) is 0 Å². The van der Waals surface area contributed by atoms with E-state index in [-0.39, 0.29) is 30.3 Å². The predicted octanol–water partition coefficient (Wildman–Crippen LogP) is -1.50. The van der Waals surface area contributed by atoms with Crippen molar-refractivity contribution in [3.05, 3.63) is 23.8 Å². The first kappa shape index (κ1) is 15.1. The third-order valence-electron chi connectivity index (χ3n) is 2.93. The highest BCUT2D eigenvalue weighted by atomic mass is 32.2. The van der Waals surface area contributed by atoms with Gasteiger partial charge in [0.15, 0.2) is 0 Å². The summed E-state index contributed by atoms with van der Waals surface area (Å²) in [5.74, 6) is 3.64. The minimum Gasteiger partial charge on any atom is -0.506 e. The lowest BCUT2D eigenvalue weighted by Crippen LogP contribution is -2.30. The van der Waals surface area contributed by atoms with Gasteiger partial charge in [-0.2, -0.15) is 8.42 Å². The summed E-state index contributed by atoms with van der Waals surface area (Å²) in [4.78, 5) is 22.2. The summed E-state index contributed by atoms with van der Waals surface area (Å²) >= 11 is 0. The number of anilines is 1. The fourth-order valence-electron chi connectivity index (χ4n) is 1.93. The molecule has 0 atom stereocenters. The number of rotatable bonds is 4. The third kappa shape index (κ3) is 3.23. The van der Waals surface area contributed by atoms with Gasteiger partial charge < -0.3 is 5.11 Å². The zero-order valence-corrected chi connectivity index (χ0v) is 11.7. The van der Waals surface area contributed by atoms with Crippen molar-refractivity contribution in [3.8, 4) is 5.75 Å². The van der Waals surface area contributed by atoms with Gasteiger partial charge in [0.1, 0.15) is 12.3 Å². The largest absolute Gasteiger partial charge is 0.506 e. The van der Waals surface area contributed by atoms with Crippen LogP contribution in [0.5, 0.6) is 5.75 Å². The van der Waals surface area contributed by atoms with Crippen LogP contribution in [0.2, 0.25) is 0 Å². The summed E-state index contributed by atoms with van der Waals surface area (Å²) in [5, 5.41) is 9.92. The van der Waals surface area contributed by atoms with Crippen molar-refractivity contribution in [3.63, 3.8) is 0 Å². The molecule has 2 amide bonds. The first-order chi connectivity index (χ1) is 9.83. The van der Waals surface area contributed by atoms with Crippen LogP contribution in [0.15, 0.2) is 18.2 Å². The average Bonchev–Trinajstić information content (AvgIpc) is 2.69. The Hall–Kier alpha value is -2.33. The van der Waals surface area contributed by atoms with Crippen LogP contribution >= 0.6 is 0 Å². The van der Waals surface area contributed by atoms with Crippen molar-refractivity contribution in [1.29, 1.82) is 0 Å². The van der Waals surface area contributed by atoms with Gasteiger partial charge in [-0.3, -0.25) is 15.0 Å². The highest BCUT2D eigenvalue weighted by molar-refractivity contribution is 7.92. The second kappa shape index (κ2) is 5.58. The number of hydrogen-bond donors (Lipinski definition) is 4. The van der Waals surface area contributed by atoms with Crippen LogP contribution in [0.1, 0.15) is 12.0 Å². The number of nitrogens with zero attached hydrogens (tertiary/aromatic N) is 1. The van der Waals surface area contributed by atoms with E-state index in [1.165, 1.54) is 12.1 Å². The molecule has 5 N–H and O–H groups in total. The molecule has 0 spiro atoms. The molecule has 2 rings (SSSR count). The van der Waals surface area contributed by atoms with E-state index < -0.39 is 16.1 Å². The van der Waals surface area contributed by atoms with Crippen LogP contribution in [-0.4, -0.2) is 31.9 Å². The molecule has 21 heavy (non-hydrogen) atoms. The number of aromatic hydroxyl groups is 1.